The van der Waals surface area contributed by atoms with Crippen molar-refractivity contribution in [2.45, 2.75) is 25.3 Å². The number of rotatable bonds is 3. The van der Waals surface area contributed by atoms with E-state index in [9.17, 15) is 9.90 Å². The van der Waals surface area contributed by atoms with Crippen LogP contribution in [0, 0.1) is 5.92 Å². The molecule has 0 amide bonds. The average Bonchev–Trinajstić information content (AvgIpc) is 2.59. The first kappa shape index (κ1) is 12.8. The molecule has 2 heterocycles. The van der Waals surface area contributed by atoms with Crippen LogP contribution < -0.4 is 5.32 Å². The molecule has 0 spiro atoms. The van der Waals surface area contributed by atoms with Gasteiger partial charge in [0.15, 0.2) is 0 Å². The van der Waals surface area contributed by atoms with Gasteiger partial charge in [0.1, 0.15) is 6.04 Å². The minimum atomic E-state index is -0.668. The number of hydrogen-bond donors (Lipinski definition) is 2. The van der Waals surface area contributed by atoms with Gasteiger partial charge >= 0.3 is 5.97 Å². The highest BCUT2D eigenvalue weighted by Crippen LogP contribution is 2.23. The standard InChI is InChI=1S/C12H22N2O3/c15-12(16)11(10-2-8-17-9-3-10)14-6-1-4-13-5-7-14/h10-11,13H,1-9H2,(H,15,16). The van der Waals surface area contributed by atoms with Gasteiger partial charge in [-0.3, -0.25) is 9.69 Å². The summed E-state index contributed by atoms with van der Waals surface area (Å²) in [7, 11) is 0. The zero-order valence-electron chi connectivity index (χ0n) is 10.2. The number of nitrogens with zero attached hydrogens (tertiary/aromatic N) is 1. The van der Waals surface area contributed by atoms with Gasteiger partial charge in [-0.05, 0) is 31.7 Å². The van der Waals surface area contributed by atoms with E-state index in [0.29, 0.717) is 13.2 Å². The summed E-state index contributed by atoms with van der Waals surface area (Å²) < 4.78 is 5.32. The maximum Gasteiger partial charge on any atom is 0.321 e. The first-order valence-electron chi connectivity index (χ1n) is 6.54. The van der Waals surface area contributed by atoms with Crippen LogP contribution in [0.25, 0.3) is 0 Å². The molecule has 2 rings (SSSR count). The van der Waals surface area contributed by atoms with Gasteiger partial charge in [-0.1, -0.05) is 0 Å². The van der Waals surface area contributed by atoms with Gasteiger partial charge in [0.2, 0.25) is 0 Å². The molecule has 17 heavy (non-hydrogen) atoms. The Morgan fingerprint density at radius 1 is 1.29 bits per heavy atom. The molecule has 2 saturated heterocycles. The number of aliphatic carboxylic acids is 1. The zero-order chi connectivity index (χ0) is 12.1. The van der Waals surface area contributed by atoms with E-state index in [-0.39, 0.29) is 12.0 Å². The van der Waals surface area contributed by atoms with E-state index < -0.39 is 5.97 Å². The van der Waals surface area contributed by atoms with Gasteiger partial charge in [0.05, 0.1) is 0 Å². The lowest BCUT2D eigenvalue weighted by Gasteiger charge is -2.35. The molecule has 0 aliphatic carbocycles. The molecule has 2 fully saturated rings. The second kappa shape index (κ2) is 6.33. The van der Waals surface area contributed by atoms with Crippen molar-refractivity contribution in [3.63, 3.8) is 0 Å². The Labute approximate surface area is 102 Å². The number of carbonyl (C=O) groups is 1. The molecule has 0 bridgehead atoms. The quantitative estimate of drug-likeness (QED) is 0.738. The van der Waals surface area contributed by atoms with Crippen LogP contribution in [0.15, 0.2) is 0 Å². The lowest BCUT2D eigenvalue weighted by Crippen LogP contribution is -2.49. The monoisotopic (exact) mass is 242 g/mol. The van der Waals surface area contributed by atoms with Crippen LogP contribution in [0.3, 0.4) is 0 Å². The predicted molar refractivity (Wildman–Crippen MR) is 64.0 cm³/mol. The van der Waals surface area contributed by atoms with Crippen LogP contribution in [0.2, 0.25) is 0 Å². The molecule has 98 valence electrons. The van der Waals surface area contributed by atoms with E-state index in [1.165, 1.54) is 0 Å². The lowest BCUT2D eigenvalue weighted by atomic mass is 9.90. The Kier molecular flexibility index (Phi) is 4.76. The first-order chi connectivity index (χ1) is 8.29. The third kappa shape index (κ3) is 3.40. The third-order valence-corrected chi connectivity index (χ3v) is 3.73. The molecule has 0 radical (unpaired) electrons. The summed E-state index contributed by atoms with van der Waals surface area (Å²) in [4.78, 5) is 13.6. The summed E-state index contributed by atoms with van der Waals surface area (Å²) in [6, 6.07) is -0.321. The maximum atomic E-state index is 11.5. The highest BCUT2D eigenvalue weighted by molar-refractivity contribution is 5.74. The van der Waals surface area contributed by atoms with Crippen LogP contribution in [0.1, 0.15) is 19.3 Å². The van der Waals surface area contributed by atoms with E-state index >= 15 is 0 Å². The Bertz CT molecular complexity index is 246. The van der Waals surface area contributed by atoms with Crippen LogP contribution in [-0.4, -0.2) is 61.4 Å². The number of carboxylic acid groups (broad SMARTS) is 1. The molecular formula is C12H22N2O3. The summed E-state index contributed by atoms with van der Waals surface area (Å²) in [5, 5.41) is 12.8. The van der Waals surface area contributed by atoms with Crippen molar-refractivity contribution in [3.8, 4) is 0 Å². The van der Waals surface area contributed by atoms with E-state index in [2.05, 4.69) is 10.2 Å². The Morgan fingerprint density at radius 2 is 2.06 bits per heavy atom. The van der Waals surface area contributed by atoms with Gasteiger partial charge in [0, 0.05) is 32.8 Å². The molecule has 0 aromatic heterocycles. The topological polar surface area (TPSA) is 61.8 Å². The van der Waals surface area contributed by atoms with E-state index in [1.54, 1.807) is 0 Å². The smallest absolute Gasteiger partial charge is 0.321 e. The third-order valence-electron chi connectivity index (χ3n) is 3.73. The largest absolute Gasteiger partial charge is 0.480 e. The van der Waals surface area contributed by atoms with E-state index in [1.807, 2.05) is 0 Å². The van der Waals surface area contributed by atoms with Crippen molar-refractivity contribution in [3.05, 3.63) is 0 Å². The normalized spacial score (nSPS) is 26.4. The van der Waals surface area contributed by atoms with Crippen LogP contribution in [-0.2, 0) is 9.53 Å². The van der Waals surface area contributed by atoms with Crippen molar-refractivity contribution in [1.29, 1.82) is 0 Å². The minimum Gasteiger partial charge on any atom is -0.480 e. The predicted octanol–water partition coefficient (Wildman–Crippen LogP) is 0.162. The summed E-state index contributed by atoms with van der Waals surface area (Å²) in [5.41, 5.74) is 0. The van der Waals surface area contributed by atoms with Gasteiger partial charge in [-0.2, -0.15) is 0 Å². The molecule has 2 aliphatic heterocycles. The molecule has 5 heteroatoms. The highest BCUT2D eigenvalue weighted by atomic mass is 16.5. The van der Waals surface area contributed by atoms with E-state index in [4.69, 9.17) is 4.74 Å². The van der Waals surface area contributed by atoms with Crippen molar-refractivity contribution < 1.29 is 14.6 Å². The highest BCUT2D eigenvalue weighted by Gasteiger charge is 2.34. The summed E-state index contributed by atoms with van der Waals surface area (Å²) >= 11 is 0. The number of nitrogens with one attached hydrogen (secondary N) is 1. The Balaban J connectivity index is 2.01. The fraction of sp³-hybridized carbons (Fsp3) is 0.917. The van der Waals surface area contributed by atoms with Gasteiger partial charge in [-0.25, -0.2) is 0 Å². The van der Waals surface area contributed by atoms with E-state index in [0.717, 1.165) is 45.4 Å². The lowest BCUT2D eigenvalue weighted by molar-refractivity contribution is -0.147. The summed E-state index contributed by atoms with van der Waals surface area (Å²) in [5.74, 6) is -0.418. The van der Waals surface area contributed by atoms with Crippen LogP contribution in [0.5, 0.6) is 0 Å². The van der Waals surface area contributed by atoms with Crippen molar-refractivity contribution in [1.82, 2.24) is 10.2 Å². The van der Waals surface area contributed by atoms with Crippen molar-refractivity contribution in [2.24, 2.45) is 5.92 Å². The van der Waals surface area contributed by atoms with Gasteiger partial charge < -0.3 is 15.2 Å². The molecular weight excluding hydrogens is 220 g/mol. The SMILES string of the molecule is O=C(O)C(C1CCOCC1)N1CCCNCC1. The summed E-state index contributed by atoms with van der Waals surface area (Å²) in [6.45, 7) is 5.04. The van der Waals surface area contributed by atoms with Crippen molar-refractivity contribution in [2.75, 3.05) is 39.4 Å². The fourth-order valence-electron chi connectivity index (χ4n) is 2.83. The van der Waals surface area contributed by atoms with Crippen LogP contribution in [0.4, 0.5) is 0 Å². The zero-order valence-corrected chi connectivity index (χ0v) is 10.2. The number of hydrogen-bond acceptors (Lipinski definition) is 4. The molecule has 0 saturated carbocycles. The molecule has 2 N–H and O–H groups in total. The second-order valence-electron chi connectivity index (χ2n) is 4.87. The Hall–Kier alpha value is -0.650. The van der Waals surface area contributed by atoms with Gasteiger partial charge in [-0.15, -0.1) is 0 Å². The number of carboxylic acids is 1. The first-order valence-corrected chi connectivity index (χ1v) is 6.54. The van der Waals surface area contributed by atoms with Crippen molar-refractivity contribution >= 4 is 5.97 Å². The van der Waals surface area contributed by atoms with Crippen LogP contribution >= 0.6 is 0 Å². The molecule has 0 aromatic rings. The fourth-order valence-corrected chi connectivity index (χ4v) is 2.83. The minimum absolute atomic E-state index is 0.249. The maximum absolute atomic E-state index is 11.5. The average molecular weight is 242 g/mol. The molecule has 1 unspecified atom stereocenters. The Morgan fingerprint density at radius 3 is 2.76 bits per heavy atom. The molecule has 5 nitrogen and oxygen atoms in total. The summed E-state index contributed by atoms with van der Waals surface area (Å²) in [6.07, 6.45) is 2.79. The molecule has 0 aromatic carbocycles. The van der Waals surface area contributed by atoms with Gasteiger partial charge in [0.25, 0.3) is 0 Å². The number of ether oxygens (including phenoxy) is 1. The second-order valence-corrected chi connectivity index (χ2v) is 4.87. The molecule has 2 aliphatic rings. The molecule has 1 atom stereocenters.